The molecule has 1 heterocycles. The van der Waals surface area contributed by atoms with Gasteiger partial charge in [0.1, 0.15) is 0 Å². The van der Waals surface area contributed by atoms with Crippen molar-refractivity contribution >= 4 is 27.2 Å². The van der Waals surface area contributed by atoms with Crippen LogP contribution in [-0.2, 0) is 10.0 Å². The normalized spacial score (nSPS) is 18.6. The highest BCUT2D eigenvalue weighted by Gasteiger charge is 2.40. The lowest BCUT2D eigenvalue weighted by Gasteiger charge is -2.36. The Bertz CT molecular complexity index is 613. The molecule has 1 aliphatic rings. The van der Waals surface area contributed by atoms with Crippen LogP contribution in [0.5, 0.6) is 0 Å². The number of nitrogens with two attached hydrogens (primary N) is 1. The first-order valence-electron chi connectivity index (χ1n) is 6.32. The van der Waals surface area contributed by atoms with Crippen LogP contribution >= 0.6 is 12.2 Å². The summed E-state index contributed by atoms with van der Waals surface area (Å²) >= 11 is 5.02. The molecule has 0 radical (unpaired) electrons. The van der Waals surface area contributed by atoms with Gasteiger partial charge in [-0.3, -0.25) is 0 Å². The minimum absolute atomic E-state index is 0.0946. The summed E-state index contributed by atoms with van der Waals surface area (Å²) in [4.78, 5) is 3.69. The summed E-state index contributed by atoms with van der Waals surface area (Å²) in [6.07, 6.45) is 4.93. The van der Waals surface area contributed by atoms with Gasteiger partial charge in [-0.2, -0.15) is 4.72 Å². The Hall–Kier alpha value is -1.12. The van der Waals surface area contributed by atoms with Gasteiger partial charge in [0.2, 0.25) is 5.03 Å². The van der Waals surface area contributed by atoms with Crippen molar-refractivity contribution in [2.75, 3.05) is 0 Å². The molecule has 0 aromatic carbocycles. The van der Waals surface area contributed by atoms with Crippen molar-refractivity contribution in [3.05, 3.63) is 24.1 Å². The topological polar surface area (TPSA) is 85.1 Å². The van der Waals surface area contributed by atoms with Gasteiger partial charge in [-0.05, 0) is 25.0 Å². The van der Waals surface area contributed by atoms with Gasteiger partial charge in [0.15, 0.2) is 5.82 Å². The van der Waals surface area contributed by atoms with E-state index in [-0.39, 0.29) is 4.99 Å². The van der Waals surface area contributed by atoms with Crippen LogP contribution in [-0.4, -0.2) is 23.9 Å². The molecule has 1 aromatic rings. The average molecular weight is 317 g/mol. The highest BCUT2D eigenvalue weighted by Crippen LogP contribution is 2.30. The van der Waals surface area contributed by atoms with E-state index >= 15 is 0 Å². The van der Waals surface area contributed by atoms with Gasteiger partial charge >= 0.3 is 0 Å². The zero-order chi connectivity index (χ0) is 14.8. The lowest BCUT2D eigenvalue weighted by molar-refractivity contribution is 0.352. The molecule has 1 fully saturated rings. The summed E-state index contributed by atoms with van der Waals surface area (Å²) in [5, 5.41) is -0.624. The molecule has 0 saturated heterocycles. The smallest absolute Gasteiger partial charge is 0.261 e. The molecule has 110 valence electrons. The number of hydrogen-bond donors (Lipinski definition) is 2. The maximum Gasteiger partial charge on any atom is 0.261 e. The molecular formula is C12H16FN3O2S2. The van der Waals surface area contributed by atoms with Crippen molar-refractivity contribution in [2.24, 2.45) is 5.73 Å². The fourth-order valence-corrected chi connectivity index (χ4v) is 4.20. The molecule has 8 heteroatoms. The number of halogens is 1. The molecule has 20 heavy (non-hydrogen) atoms. The molecule has 2 rings (SSSR count). The monoisotopic (exact) mass is 317 g/mol. The van der Waals surface area contributed by atoms with Gasteiger partial charge < -0.3 is 5.73 Å². The number of hydrogen-bond acceptors (Lipinski definition) is 4. The zero-order valence-electron chi connectivity index (χ0n) is 10.8. The SMILES string of the molecule is NC(=S)C1(NS(=O)(=O)c2ncccc2F)CCCCC1. The number of thiocarbonyl (C=S) groups is 1. The Morgan fingerprint density at radius 2 is 2.05 bits per heavy atom. The van der Waals surface area contributed by atoms with Crippen molar-refractivity contribution in [1.29, 1.82) is 0 Å². The van der Waals surface area contributed by atoms with E-state index < -0.39 is 26.4 Å². The highest BCUT2D eigenvalue weighted by molar-refractivity contribution is 7.89. The van der Waals surface area contributed by atoms with Crippen LogP contribution in [0.25, 0.3) is 0 Å². The zero-order valence-corrected chi connectivity index (χ0v) is 12.4. The molecule has 0 spiro atoms. The molecule has 1 saturated carbocycles. The van der Waals surface area contributed by atoms with Gasteiger partial charge in [0, 0.05) is 6.20 Å². The van der Waals surface area contributed by atoms with E-state index in [1.807, 2.05) is 0 Å². The molecular weight excluding hydrogens is 301 g/mol. The van der Waals surface area contributed by atoms with Crippen LogP contribution in [0.3, 0.4) is 0 Å². The molecule has 0 aliphatic heterocycles. The standard InChI is InChI=1S/C12H16FN3O2S2/c13-9-5-4-8-15-10(9)20(17,18)16-12(11(14)19)6-2-1-3-7-12/h4-5,8,16H,1-3,6-7H2,(H2,14,19). The predicted molar refractivity (Wildman–Crippen MR) is 77.1 cm³/mol. The Morgan fingerprint density at radius 1 is 1.40 bits per heavy atom. The van der Waals surface area contributed by atoms with E-state index in [9.17, 15) is 12.8 Å². The summed E-state index contributed by atoms with van der Waals surface area (Å²) in [5.74, 6) is -0.895. The molecule has 0 atom stereocenters. The molecule has 0 amide bonds. The maximum atomic E-state index is 13.6. The van der Waals surface area contributed by atoms with Crippen LogP contribution < -0.4 is 10.5 Å². The van der Waals surface area contributed by atoms with Gasteiger partial charge in [-0.15, -0.1) is 0 Å². The number of aromatic nitrogens is 1. The van der Waals surface area contributed by atoms with Gasteiger partial charge in [0.05, 0.1) is 10.5 Å². The third-order valence-electron chi connectivity index (χ3n) is 3.49. The van der Waals surface area contributed by atoms with Gasteiger partial charge in [-0.25, -0.2) is 17.8 Å². The van der Waals surface area contributed by atoms with Crippen LogP contribution in [0.4, 0.5) is 4.39 Å². The number of nitrogens with one attached hydrogen (secondary N) is 1. The van der Waals surface area contributed by atoms with Crippen molar-refractivity contribution in [3.8, 4) is 0 Å². The Morgan fingerprint density at radius 3 is 2.60 bits per heavy atom. The van der Waals surface area contributed by atoms with E-state index in [1.54, 1.807) is 0 Å². The third-order valence-corrected chi connectivity index (χ3v) is 5.35. The maximum absolute atomic E-state index is 13.6. The fraction of sp³-hybridized carbons (Fsp3) is 0.500. The Kier molecular flexibility index (Phi) is 4.36. The molecule has 1 aliphatic carbocycles. The Labute approximate surface area is 122 Å². The first kappa shape index (κ1) is 15.3. The summed E-state index contributed by atoms with van der Waals surface area (Å²) in [6.45, 7) is 0. The Balaban J connectivity index is 2.35. The van der Waals surface area contributed by atoms with Crippen molar-refractivity contribution in [1.82, 2.24) is 9.71 Å². The van der Waals surface area contributed by atoms with Crippen LogP contribution in [0, 0.1) is 5.82 Å². The summed E-state index contributed by atoms with van der Waals surface area (Å²) in [5.41, 5.74) is 4.74. The summed E-state index contributed by atoms with van der Waals surface area (Å²) in [6, 6.07) is 2.38. The minimum atomic E-state index is -4.10. The molecule has 5 nitrogen and oxygen atoms in total. The van der Waals surface area contributed by atoms with Crippen molar-refractivity contribution < 1.29 is 12.8 Å². The second kappa shape index (κ2) is 5.71. The average Bonchev–Trinajstić information content (AvgIpc) is 2.39. The third kappa shape index (κ3) is 2.97. The van der Waals surface area contributed by atoms with Gasteiger partial charge in [0.25, 0.3) is 10.0 Å². The van der Waals surface area contributed by atoms with Crippen LogP contribution in [0.1, 0.15) is 32.1 Å². The van der Waals surface area contributed by atoms with E-state index in [1.165, 1.54) is 12.3 Å². The molecule has 0 bridgehead atoms. The van der Waals surface area contributed by atoms with Crippen LogP contribution in [0.2, 0.25) is 0 Å². The van der Waals surface area contributed by atoms with E-state index in [0.29, 0.717) is 12.8 Å². The fourth-order valence-electron chi connectivity index (χ4n) is 2.43. The lowest BCUT2D eigenvalue weighted by Crippen LogP contribution is -2.57. The van der Waals surface area contributed by atoms with Gasteiger partial charge in [-0.1, -0.05) is 31.5 Å². The van der Waals surface area contributed by atoms with E-state index in [2.05, 4.69) is 9.71 Å². The van der Waals surface area contributed by atoms with Crippen molar-refractivity contribution in [3.63, 3.8) is 0 Å². The first-order valence-corrected chi connectivity index (χ1v) is 8.21. The van der Waals surface area contributed by atoms with E-state index in [0.717, 1.165) is 25.3 Å². The van der Waals surface area contributed by atoms with E-state index in [4.69, 9.17) is 18.0 Å². The highest BCUT2D eigenvalue weighted by atomic mass is 32.2. The second-order valence-corrected chi connectivity index (χ2v) is 6.94. The predicted octanol–water partition coefficient (Wildman–Crippen LogP) is 1.49. The number of nitrogens with zero attached hydrogens (tertiary/aromatic N) is 1. The number of sulfonamides is 1. The molecule has 1 aromatic heterocycles. The largest absolute Gasteiger partial charge is 0.392 e. The minimum Gasteiger partial charge on any atom is -0.392 e. The molecule has 3 N–H and O–H groups in total. The first-order chi connectivity index (χ1) is 9.37. The summed E-state index contributed by atoms with van der Waals surface area (Å²) in [7, 11) is -4.10. The summed E-state index contributed by atoms with van der Waals surface area (Å²) < 4.78 is 40.7. The molecule has 0 unspecified atom stereocenters. The quantitative estimate of drug-likeness (QED) is 0.822. The second-order valence-electron chi connectivity index (χ2n) is 4.90. The van der Waals surface area contributed by atoms with Crippen LogP contribution in [0.15, 0.2) is 23.4 Å². The number of rotatable bonds is 4. The lowest BCUT2D eigenvalue weighted by atomic mass is 9.82. The van der Waals surface area contributed by atoms with Crippen molar-refractivity contribution in [2.45, 2.75) is 42.7 Å². The number of pyridine rings is 1.